The lowest BCUT2D eigenvalue weighted by atomic mass is 10.0. The topological polar surface area (TPSA) is 55.1 Å². The summed E-state index contributed by atoms with van der Waals surface area (Å²) in [5.41, 5.74) is 0.899. The second-order valence-corrected chi connectivity index (χ2v) is 4.19. The van der Waals surface area contributed by atoms with Crippen molar-refractivity contribution in [3.05, 3.63) is 41.6 Å². The number of hydrogen-bond donors (Lipinski definition) is 1. The lowest BCUT2D eigenvalue weighted by Crippen LogP contribution is -1.98. The predicted octanol–water partition coefficient (Wildman–Crippen LogP) is 2.38. The summed E-state index contributed by atoms with van der Waals surface area (Å²) in [6.45, 7) is 0. The van der Waals surface area contributed by atoms with Crippen LogP contribution < -0.4 is 0 Å². The molecule has 0 unspecified atom stereocenters. The summed E-state index contributed by atoms with van der Waals surface area (Å²) in [5.74, 6) is -2.10. The van der Waals surface area contributed by atoms with Crippen LogP contribution in [-0.4, -0.2) is 20.9 Å². The number of aromatic nitrogens is 2. The number of carbonyl (C=O) groups is 1. The van der Waals surface area contributed by atoms with Crippen molar-refractivity contribution >= 4 is 5.97 Å². The number of carboxylic acid groups (broad SMARTS) is 1. The van der Waals surface area contributed by atoms with Gasteiger partial charge < -0.3 is 5.11 Å². The molecule has 0 saturated heterocycles. The van der Waals surface area contributed by atoms with E-state index in [9.17, 15) is 13.6 Å². The predicted molar refractivity (Wildman–Crippen MR) is 64.5 cm³/mol. The summed E-state index contributed by atoms with van der Waals surface area (Å²) in [5, 5.41) is 12.8. The third kappa shape index (κ3) is 2.96. The molecule has 2 rings (SSSR count). The number of halogens is 2. The van der Waals surface area contributed by atoms with Crippen LogP contribution in [0.4, 0.5) is 8.78 Å². The van der Waals surface area contributed by atoms with Crippen molar-refractivity contribution in [2.24, 2.45) is 7.05 Å². The molecule has 0 bridgehead atoms. The van der Waals surface area contributed by atoms with E-state index in [-0.39, 0.29) is 24.1 Å². The Morgan fingerprint density at radius 1 is 1.42 bits per heavy atom. The molecule has 4 nitrogen and oxygen atoms in total. The monoisotopic (exact) mass is 266 g/mol. The Kier molecular flexibility index (Phi) is 3.59. The molecule has 0 saturated carbocycles. The molecule has 1 N–H and O–H groups in total. The largest absolute Gasteiger partial charge is 0.481 e. The third-order valence-corrected chi connectivity index (χ3v) is 2.70. The van der Waals surface area contributed by atoms with Crippen molar-refractivity contribution in [3.63, 3.8) is 0 Å². The van der Waals surface area contributed by atoms with Gasteiger partial charge in [-0.3, -0.25) is 9.48 Å². The molecule has 0 fully saturated rings. The summed E-state index contributed by atoms with van der Waals surface area (Å²) in [7, 11) is 1.64. The van der Waals surface area contributed by atoms with E-state index in [4.69, 9.17) is 5.11 Å². The average molecular weight is 266 g/mol. The third-order valence-electron chi connectivity index (χ3n) is 2.70. The van der Waals surface area contributed by atoms with Crippen LogP contribution in [0.25, 0.3) is 11.3 Å². The lowest BCUT2D eigenvalue weighted by Gasteiger charge is -2.03. The highest BCUT2D eigenvalue weighted by Gasteiger charge is 2.15. The minimum Gasteiger partial charge on any atom is -0.481 e. The van der Waals surface area contributed by atoms with Crippen LogP contribution >= 0.6 is 0 Å². The van der Waals surface area contributed by atoms with Gasteiger partial charge in [0.05, 0.1) is 5.69 Å². The normalized spacial score (nSPS) is 10.7. The highest BCUT2D eigenvalue weighted by atomic mass is 19.1. The van der Waals surface area contributed by atoms with Crippen molar-refractivity contribution in [1.29, 1.82) is 0 Å². The number of hydrogen-bond acceptors (Lipinski definition) is 2. The van der Waals surface area contributed by atoms with Gasteiger partial charge in [-0.05, 0) is 30.2 Å². The molecule has 0 atom stereocenters. The zero-order valence-electron chi connectivity index (χ0n) is 10.2. The summed E-state index contributed by atoms with van der Waals surface area (Å²) >= 11 is 0. The molecule has 0 amide bonds. The second kappa shape index (κ2) is 5.17. The molecule has 1 heterocycles. The van der Waals surface area contributed by atoms with Gasteiger partial charge in [0, 0.05) is 25.2 Å². The molecule has 2 aromatic rings. The van der Waals surface area contributed by atoms with Crippen LogP contribution in [0.3, 0.4) is 0 Å². The maximum Gasteiger partial charge on any atom is 0.303 e. The lowest BCUT2D eigenvalue weighted by molar-refractivity contribution is -0.136. The van der Waals surface area contributed by atoms with Gasteiger partial charge >= 0.3 is 5.97 Å². The van der Waals surface area contributed by atoms with E-state index in [0.29, 0.717) is 5.56 Å². The second-order valence-electron chi connectivity index (χ2n) is 4.19. The van der Waals surface area contributed by atoms with Crippen LogP contribution in [0.2, 0.25) is 0 Å². The maximum absolute atomic E-state index is 13.7. The zero-order chi connectivity index (χ0) is 14.0. The van der Waals surface area contributed by atoms with E-state index >= 15 is 0 Å². The highest BCUT2D eigenvalue weighted by Crippen LogP contribution is 2.26. The van der Waals surface area contributed by atoms with Crippen molar-refractivity contribution in [2.45, 2.75) is 12.8 Å². The fraction of sp³-hybridized carbons (Fsp3) is 0.231. The Balaban J connectivity index is 2.43. The molecular weight excluding hydrogens is 254 g/mol. The summed E-state index contributed by atoms with van der Waals surface area (Å²) in [6, 6.07) is 3.11. The fourth-order valence-electron chi connectivity index (χ4n) is 1.87. The molecule has 100 valence electrons. The van der Waals surface area contributed by atoms with E-state index in [2.05, 4.69) is 5.10 Å². The Hall–Kier alpha value is -2.24. The molecule has 0 spiro atoms. The Bertz CT molecular complexity index is 623. The Morgan fingerprint density at radius 3 is 2.84 bits per heavy atom. The highest BCUT2D eigenvalue weighted by molar-refractivity contribution is 5.69. The zero-order valence-corrected chi connectivity index (χ0v) is 10.2. The van der Waals surface area contributed by atoms with Gasteiger partial charge in [-0.2, -0.15) is 5.10 Å². The molecule has 1 aromatic heterocycles. The number of aliphatic carboxylic acids is 1. The van der Waals surface area contributed by atoms with Crippen molar-refractivity contribution in [3.8, 4) is 11.3 Å². The van der Waals surface area contributed by atoms with Gasteiger partial charge in [0.1, 0.15) is 11.6 Å². The average Bonchev–Trinajstić information content (AvgIpc) is 2.71. The minimum absolute atomic E-state index is 0.0426. The first-order valence-electron chi connectivity index (χ1n) is 5.67. The van der Waals surface area contributed by atoms with Gasteiger partial charge in [-0.1, -0.05) is 0 Å². The van der Waals surface area contributed by atoms with Gasteiger partial charge in [0.15, 0.2) is 0 Å². The first-order chi connectivity index (χ1) is 8.97. The molecule has 6 heteroatoms. The molecule has 1 aromatic carbocycles. The SMILES string of the molecule is Cn1cc(CCC(=O)O)c(-c2cc(F)ccc2F)n1. The van der Waals surface area contributed by atoms with Gasteiger partial charge in [-0.15, -0.1) is 0 Å². The molecule has 0 aliphatic rings. The molecule has 19 heavy (non-hydrogen) atoms. The van der Waals surface area contributed by atoms with E-state index < -0.39 is 17.6 Å². The molecular formula is C13H12F2N2O2. The van der Waals surface area contributed by atoms with Crippen molar-refractivity contribution in [2.75, 3.05) is 0 Å². The van der Waals surface area contributed by atoms with Crippen LogP contribution in [0.1, 0.15) is 12.0 Å². The van der Waals surface area contributed by atoms with Gasteiger partial charge in [-0.25, -0.2) is 8.78 Å². The Labute approximate surface area is 108 Å². The molecule has 0 aliphatic carbocycles. The van der Waals surface area contributed by atoms with Gasteiger partial charge in [0.2, 0.25) is 0 Å². The number of nitrogens with zero attached hydrogens (tertiary/aromatic N) is 2. The van der Waals surface area contributed by atoms with Crippen LogP contribution in [0.5, 0.6) is 0 Å². The van der Waals surface area contributed by atoms with Gasteiger partial charge in [0.25, 0.3) is 0 Å². The van der Waals surface area contributed by atoms with Crippen molar-refractivity contribution in [1.82, 2.24) is 9.78 Å². The summed E-state index contributed by atoms with van der Waals surface area (Å²) in [4.78, 5) is 10.6. The minimum atomic E-state index is -0.950. The van der Waals surface area contributed by atoms with Crippen LogP contribution in [-0.2, 0) is 18.3 Å². The van der Waals surface area contributed by atoms with Crippen LogP contribution in [0, 0.1) is 11.6 Å². The smallest absolute Gasteiger partial charge is 0.303 e. The fourth-order valence-corrected chi connectivity index (χ4v) is 1.87. The standard InChI is InChI=1S/C13H12F2N2O2/c1-17-7-8(2-5-12(18)19)13(16-17)10-6-9(14)3-4-11(10)15/h3-4,6-7H,2,5H2,1H3,(H,18,19). The maximum atomic E-state index is 13.7. The van der Waals surface area contributed by atoms with E-state index in [1.165, 1.54) is 4.68 Å². The Morgan fingerprint density at radius 2 is 2.16 bits per heavy atom. The first-order valence-corrected chi connectivity index (χ1v) is 5.67. The van der Waals surface area contributed by atoms with E-state index in [0.717, 1.165) is 18.2 Å². The molecule has 0 radical (unpaired) electrons. The number of carboxylic acids is 1. The van der Waals surface area contributed by atoms with Crippen LogP contribution in [0.15, 0.2) is 24.4 Å². The summed E-state index contributed by atoms with van der Waals surface area (Å²) < 4.78 is 28.4. The molecule has 0 aliphatic heterocycles. The number of rotatable bonds is 4. The van der Waals surface area contributed by atoms with Crippen molar-refractivity contribution < 1.29 is 18.7 Å². The van der Waals surface area contributed by atoms with E-state index in [1.807, 2.05) is 0 Å². The quantitative estimate of drug-likeness (QED) is 0.924. The van der Waals surface area contributed by atoms with E-state index in [1.54, 1.807) is 13.2 Å². The summed E-state index contributed by atoms with van der Waals surface area (Å²) in [6.07, 6.45) is 1.74. The number of aryl methyl sites for hydroxylation is 2. The number of benzene rings is 1. The first kappa shape index (κ1) is 13.2.